The average molecular weight is 394 g/mol. The van der Waals surface area contributed by atoms with E-state index in [-0.39, 0.29) is 18.4 Å². The number of para-hydroxylation sites is 1. The average Bonchev–Trinajstić information content (AvgIpc) is 2.66. The fourth-order valence-electron chi connectivity index (χ4n) is 2.32. The summed E-state index contributed by atoms with van der Waals surface area (Å²) < 4.78 is 0. The van der Waals surface area contributed by atoms with Crippen molar-refractivity contribution in [1.82, 2.24) is 10.6 Å². The third-order valence-electron chi connectivity index (χ3n) is 3.78. The van der Waals surface area contributed by atoms with E-state index in [4.69, 9.17) is 23.2 Å². The number of carbonyl (C=O) groups is 2. The maximum atomic E-state index is 12.0. The molecule has 0 atom stereocenters. The number of halogens is 2. The predicted octanol–water partition coefficient (Wildman–Crippen LogP) is 3.37. The van der Waals surface area contributed by atoms with E-state index in [9.17, 15) is 9.59 Å². The lowest BCUT2D eigenvalue weighted by atomic mass is 10.2. The molecule has 5 nitrogen and oxygen atoms in total. The molecule has 0 spiro atoms. The van der Waals surface area contributed by atoms with Crippen LogP contribution in [0.2, 0.25) is 10.0 Å². The highest BCUT2D eigenvalue weighted by molar-refractivity contribution is 6.42. The zero-order chi connectivity index (χ0) is 18.9. The topological polar surface area (TPSA) is 61.4 Å². The Bertz CT molecular complexity index is 754. The van der Waals surface area contributed by atoms with Gasteiger partial charge in [-0.1, -0.05) is 41.4 Å². The van der Waals surface area contributed by atoms with Crippen LogP contribution in [0.15, 0.2) is 48.5 Å². The van der Waals surface area contributed by atoms with Crippen LogP contribution in [0.1, 0.15) is 16.8 Å². The maximum Gasteiger partial charge on any atom is 0.251 e. The molecule has 0 bridgehead atoms. The molecule has 0 unspecified atom stereocenters. The van der Waals surface area contributed by atoms with Crippen LogP contribution in [0, 0.1) is 0 Å². The van der Waals surface area contributed by atoms with E-state index >= 15 is 0 Å². The number of carbonyl (C=O) groups excluding carboxylic acids is 2. The smallest absolute Gasteiger partial charge is 0.251 e. The summed E-state index contributed by atoms with van der Waals surface area (Å²) in [5.41, 5.74) is 1.49. The predicted molar refractivity (Wildman–Crippen MR) is 106 cm³/mol. The van der Waals surface area contributed by atoms with Gasteiger partial charge in [-0.15, -0.1) is 0 Å². The zero-order valence-electron chi connectivity index (χ0n) is 14.5. The van der Waals surface area contributed by atoms with E-state index in [0.717, 1.165) is 18.7 Å². The molecule has 0 aliphatic carbocycles. The number of amides is 2. The monoisotopic (exact) mass is 393 g/mol. The van der Waals surface area contributed by atoms with Crippen LogP contribution in [0.4, 0.5) is 5.69 Å². The Morgan fingerprint density at radius 3 is 2.42 bits per heavy atom. The molecule has 2 N–H and O–H groups in total. The van der Waals surface area contributed by atoms with E-state index in [1.54, 1.807) is 12.1 Å². The van der Waals surface area contributed by atoms with E-state index in [0.29, 0.717) is 22.2 Å². The van der Waals surface area contributed by atoms with Crippen LogP contribution >= 0.6 is 23.2 Å². The number of benzene rings is 2. The summed E-state index contributed by atoms with van der Waals surface area (Å²) >= 11 is 11.7. The number of anilines is 1. The van der Waals surface area contributed by atoms with Gasteiger partial charge in [-0.2, -0.15) is 0 Å². The highest BCUT2D eigenvalue weighted by atomic mass is 35.5. The van der Waals surface area contributed by atoms with Crippen molar-refractivity contribution < 1.29 is 9.59 Å². The first-order valence-corrected chi connectivity index (χ1v) is 8.99. The Kier molecular flexibility index (Phi) is 7.75. The van der Waals surface area contributed by atoms with Gasteiger partial charge in [0.2, 0.25) is 5.91 Å². The summed E-state index contributed by atoms with van der Waals surface area (Å²) in [5, 5.41) is 6.02. The summed E-state index contributed by atoms with van der Waals surface area (Å²) in [6.07, 6.45) is 0.803. The Labute approximate surface area is 163 Å². The molecule has 2 rings (SSSR count). The SMILES string of the molecule is CN(CCCNC(=O)CNC(=O)c1ccc(Cl)c(Cl)c1)c1ccccc1. The summed E-state index contributed by atoms with van der Waals surface area (Å²) in [6.45, 7) is 1.27. The second kappa shape index (κ2) is 10.0. The van der Waals surface area contributed by atoms with Crippen molar-refractivity contribution in [2.24, 2.45) is 0 Å². The molecule has 0 fully saturated rings. The minimum Gasteiger partial charge on any atom is -0.375 e. The van der Waals surface area contributed by atoms with Crippen LogP contribution < -0.4 is 15.5 Å². The molecule has 138 valence electrons. The van der Waals surface area contributed by atoms with Gasteiger partial charge in [-0.3, -0.25) is 9.59 Å². The van der Waals surface area contributed by atoms with Crippen LogP contribution in [0.5, 0.6) is 0 Å². The van der Waals surface area contributed by atoms with Gasteiger partial charge in [0.05, 0.1) is 16.6 Å². The van der Waals surface area contributed by atoms with Crippen molar-refractivity contribution in [2.75, 3.05) is 31.6 Å². The summed E-state index contributed by atoms with van der Waals surface area (Å²) in [5.74, 6) is -0.608. The molecule has 2 amide bonds. The largest absolute Gasteiger partial charge is 0.375 e. The minimum absolute atomic E-state index is 0.0897. The molecule has 0 aliphatic rings. The number of nitrogens with one attached hydrogen (secondary N) is 2. The van der Waals surface area contributed by atoms with Gasteiger partial charge in [-0.25, -0.2) is 0 Å². The highest BCUT2D eigenvalue weighted by Crippen LogP contribution is 2.22. The van der Waals surface area contributed by atoms with E-state index in [1.165, 1.54) is 6.07 Å². The third-order valence-corrected chi connectivity index (χ3v) is 4.52. The van der Waals surface area contributed by atoms with E-state index in [2.05, 4.69) is 15.5 Å². The third kappa shape index (κ3) is 6.24. The fourth-order valence-corrected chi connectivity index (χ4v) is 2.62. The second-order valence-electron chi connectivity index (χ2n) is 5.77. The highest BCUT2D eigenvalue weighted by Gasteiger charge is 2.09. The summed E-state index contributed by atoms with van der Waals surface area (Å²) in [4.78, 5) is 25.9. The molecule has 2 aromatic rings. The molecule has 0 heterocycles. The summed E-state index contributed by atoms with van der Waals surface area (Å²) in [7, 11) is 2.01. The molecule has 26 heavy (non-hydrogen) atoms. The lowest BCUT2D eigenvalue weighted by molar-refractivity contribution is -0.120. The number of hydrogen-bond donors (Lipinski definition) is 2. The van der Waals surface area contributed by atoms with Gasteiger partial charge in [0.1, 0.15) is 0 Å². The van der Waals surface area contributed by atoms with Gasteiger partial charge >= 0.3 is 0 Å². The number of rotatable bonds is 8. The fraction of sp³-hybridized carbons (Fsp3) is 0.263. The lowest BCUT2D eigenvalue weighted by Gasteiger charge is -2.19. The zero-order valence-corrected chi connectivity index (χ0v) is 16.0. The van der Waals surface area contributed by atoms with Gasteiger partial charge < -0.3 is 15.5 Å². The first kappa shape index (κ1) is 20.1. The molecule has 0 aliphatic heterocycles. The van der Waals surface area contributed by atoms with Crippen molar-refractivity contribution >= 4 is 40.7 Å². The van der Waals surface area contributed by atoms with Gasteiger partial charge in [0.25, 0.3) is 5.91 Å². The summed E-state index contributed by atoms with van der Waals surface area (Å²) in [6, 6.07) is 14.6. The van der Waals surface area contributed by atoms with E-state index < -0.39 is 0 Å². The molecular weight excluding hydrogens is 373 g/mol. The van der Waals surface area contributed by atoms with Crippen molar-refractivity contribution in [3.8, 4) is 0 Å². The van der Waals surface area contributed by atoms with Crippen molar-refractivity contribution in [1.29, 1.82) is 0 Å². The Hall–Kier alpha value is -2.24. The van der Waals surface area contributed by atoms with Crippen LogP contribution in [-0.4, -0.2) is 38.5 Å². The van der Waals surface area contributed by atoms with E-state index in [1.807, 2.05) is 37.4 Å². The molecular formula is C19H21Cl2N3O2. The second-order valence-corrected chi connectivity index (χ2v) is 6.59. The van der Waals surface area contributed by atoms with Gasteiger partial charge in [0, 0.05) is 31.4 Å². The molecule has 2 aromatic carbocycles. The van der Waals surface area contributed by atoms with Crippen LogP contribution in [0.3, 0.4) is 0 Å². The van der Waals surface area contributed by atoms with Gasteiger partial charge in [0.15, 0.2) is 0 Å². The Balaban J connectivity index is 1.65. The minimum atomic E-state index is -0.373. The van der Waals surface area contributed by atoms with Crippen LogP contribution in [-0.2, 0) is 4.79 Å². The number of nitrogens with zero attached hydrogens (tertiary/aromatic N) is 1. The maximum absolute atomic E-state index is 12.0. The van der Waals surface area contributed by atoms with Crippen molar-refractivity contribution in [2.45, 2.75) is 6.42 Å². The first-order valence-electron chi connectivity index (χ1n) is 8.23. The van der Waals surface area contributed by atoms with Gasteiger partial charge in [-0.05, 0) is 36.8 Å². The molecule has 0 radical (unpaired) electrons. The van der Waals surface area contributed by atoms with Crippen molar-refractivity contribution in [3.63, 3.8) is 0 Å². The number of hydrogen-bond acceptors (Lipinski definition) is 3. The quantitative estimate of drug-likeness (QED) is 0.675. The molecule has 0 aromatic heterocycles. The molecule has 7 heteroatoms. The Morgan fingerprint density at radius 2 is 1.73 bits per heavy atom. The molecule has 0 saturated carbocycles. The first-order chi connectivity index (χ1) is 12.5. The van der Waals surface area contributed by atoms with Crippen LogP contribution in [0.25, 0.3) is 0 Å². The lowest BCUT2D eigenvalue weighted by Crippen LogP contribution is -2.38. The Morgan fingerprint density at radius 1 is 1.00 bits per heavy atom. The van der Waals surface area contributed by atoms with Crippen molar-refractivity contribution in [3.05, 3.63) is 64.1 Å². The standard InChI is InChI=1S/C19H21Cl2N3O2/c1-24(15-6-3-2-4-7-15)11-5-10-22-18(25)13-23-19(26)14-8-9-16(20)17(21)12-14/h2-4,6-9,12H,5,10-11,13H2,1H3,(H,22,25)(H,23,26). The normalized spacial score (nSPS) is 10.3. The molecule has 0 saturated heterocycles.